The fraction of sp³-hybridized carbons (Fsp3) is 0.286. The van der Waals surface area contributed by atoms with Gasteiger partial charge in [-0.15, -0.1) is 5.10 Å². The number of hydrogen-bond acceptors (Lipinski definition) is 6. The van der Waals surface area contributed by atoms with Gasteiger partial charge in [-0.3, -0.25) is 9.59 Å². The Bertz CT molecular complexity index is 993. The molecular weight excluding hydrogens is 370 g/mol. The zero-order chi connectivity index (χ0) is 20.2. The first kappa shape index (κ1) is 18.8. The molecule has 0 unspecified atom stereocenters. The number of carbonyl (C=O) groups excluding carboxylic acids is 2. The summed E-state index contributed by atoms with van der Waals surface area (Å²) in [6.07, 6.45) is 2.80. The number of ketones is 1. The summed E-state index contributed by atoms with van der Waals surface area (Å²) in [5.41, 5.74) is 1.99. The summed E-state index contributed by atoms with van der Waals surface area (Å²) in [5.74, 6) is 0.738. The first-order valence-electron chi connectivity index (χ1n) is 9.46. The van der Waals surface area contributed by atoms with Crippen LogP contribution in [0, 0.1) is 5.92 Å². The monoisotopic (exact) mass is 391 g/mol. The Kier molecular flexibility index (Phi) is 5.33. The number of aromatic nitrogens is 4. The highest BCUT2D eigenvalue weighted by Crippen LogP contribution is 2.24. The highest BCUT2D eigenvalue weighted by atomic mass is 16.5. The Balaban J connectivity index is 1.39. The van der Waals surface area contributed by atoms with Gasteiger partial charge in [0.25, 0.3) is 5.91 Å². The SMILES string of the molecule is COc1ccc(C(=O)C2CCN(C(=O)c3cccc(-n4cnnn4)c3)CC2)cc1. The van der Waals surface area contributed by atoms with E-state index in [4.69, 9.17) is 4.74 Å². The largest absolute Gasteiger partial charge is 0.497 e. The van der Waals surface area contributed by atoms with Crippen molar-refractivity contribution in [1.82, 2.24) is 25.1 Å². The van der Waals surface area contributed by atoms with Crippen LogP contribution in [0.2, 0.25) is 0 Å². The van der Waals surface area contributed by atoms with Crippen LogP contribution in [0.5, 0.6) is 5.75 Å². The van der Waals surface area contributed by atoms with Crippen LogP contribution < -0.4 is 4.74 Å². The molecule has 0 N–H and O–H groups in total. The number of benzene rings is 2. The Labute approximate surface area is 168 Å². The van der Waals surface area contributed by atoms with Gasteiger partial charge >= 0.3 is 0 Å². The molecule has 0 bridgehead atoms. The molecule has 1 aliphatic rings. The zero-order valence-electron chi connectivity index (χ0n) is 16.1. The lowest BCUT2D eigenvalue weighted by Crippen LogP contribution is -2.40. The van der Waals surface area contributed by atoms with Crippen LogP contribution in [-0.4, -0.2) is 57.0 Å². The second kappa shape index (κ2) is 8.22. The molecule has 2 heterocycles. The average molecular weight is 391 g/mol. The predicted molar refractivity (Wildman–Crippen MR) is 105 cm³/mol. The van der Waals surface area contributed by atoms with Gasteiger partial charge in [-0.05, 0) is 65.7 Å². The lowest BCUT2D eigenvalue weighted by molar-refractivity contribution is 0.0650. The predicted octanol–water partition coefficient (Wildman–Crippen LogP) is 2.41. The Morgan fingerprint density at radius 2 is 1.79 bits per heavy atom. The van der Waals surface area contributed by atoms with Crippen molar-refractivity contribution in [1.29, 1.82) is 0 Å². The van der Waals surface area contributed by atoms with E-state index in [9.17, 15) is 9.59 Å². The number of hydrogen-bond donors (Lipinski definition) is 0. The third-order valence-electron chi connectivity index (χ3n) is 5.23. The quantitative estimate of drug-likeness (QED) is 0.621. The molecule has 8 nitrogen and oxygen atoms in total. The molecule has 0 atom stereocenters. The number of nitrogens with zero attached hydrogens (tertiary/aromatic N) is 5. The van der Waals surface area contributed by atoms with Crippen LogP contribution in [0.15, 0.2) is 54.9 Å². The van der Waals surface area contributed by atoms with Gasteiger partial charge in [-0.2, -0.15) is 0 Å². The lowest BCUT2D eigenvalue weighted by Gasteiger charge is -2.31. The fourth-order valence-corrected chi connectivity index (χ4v) is 3.58. The van der Waals surface area contributed by atoms with E-state index in [1.807, 2.05) is 12.1 Å². The summed E-state index contributed by atoms with van der Waals surface area (Å²) in [6, 6.07) is 14.4. The Morgan fingerprint density at radius 3 is 2.45 bits per heavy atom. The molecule has 0 radical (unpaired) electrons. The summed E-state index contributed by atoms with van der Waals surface area (Å²) in [4.78, 5) is 27.5. The highest BCUT2D eigenvalue weighted by molar-refractivity contribution is 5.98. The summed E-state index contributed by atoms with van der Waals surface area (Å²) in [6.45, 7) is 1.11. The number of carbonyl (C=O) groups is 2. The molecule has 1 aliphatic heterocycles. The van der Waals surface area contributed by atoms with E-state index in [2.05, 4.69) is 15.5 Å². The van der Waals surface area contributed by atoms with Crippen LogP contribution in [0.4, 0.5) is 0 Å². The molecular formula is C21H21N5O3. The normalized spacial score (nSPS) is 14.6. The van der Waals surface area contributed by atoms with Gasteiger partial charge in [0.15, 0.2) is 5.78 Å². The topological polar surface area (TPSA) is 90.2 Å². The van der Waals surface area contributed by atoms with Gasteiger partial charge in [0.2, 0.25) is 0 Å². The molecule has 1 fully saturated rings. The number of likely N-dealkylation sites (tertiary alicyclic amines) is 1. The van der Waals surface area contributed by atoms with Crippen molar-refractivity contribution < 1.29 is 14.3 Å². The molecule has 1 aromatic heterocycles. The Morgan fingerprint density at radius 1 is 1.03 bits per heavy atom. The van der Waals surface area contributed by atoms with Crippen LogP contribution >= 0.6 is 0 Å². The molecule has 2 aromatic carbocycles. The molecule has 29 heavy (non-hydrogen) atoms. The molecule has 0 aliphatic carbocycles. The zero-order valence-corrected chi connectivity index (χ0v) is 16.1. The van der Waals surface area contributed by atoms with Crippen LogP contribution in [0.3, 0.4) is 0 Å². The number of ether oxygens (including phenoxy) is 1. The molecule has 0 spiro atoms. The second-order valence-electron chi connectivity index (χ2n) is 6.96. The maximum absolute atomic E-state index is 12.9. The number of amides is 1. The molecule has 4 rings (SSSR count). The highest BCUT2D eigenvalue weighted by Gasteiger charge is 2.28. The van der Waals surface area contributed by atoms with Crippen molar-refractivity contribution in [2.45, 2.75) is 12.8 Å². The molecule has 1 saturated heterocycles. The van der Waals surface area contributed by atoms with Crippen LogP contribution in [0.1, 0.15) is 33.6 Å². The van der Waals surface area contributed by atoms with E-state index < -0.39 is 0 Å². The first-order valence-corrected chi connectivity index (χ1v) is 9.46. The lowest BCUT2D eigenvalue weighted by atomic mass is 9.88. The van der Waals surface area contributed by atoms with E-state index >= 15 is 0 Å². The Hall–Kier alpha value is -3.55. The van der Waals surface area contributed by atoms with Crippen molar-refractivity contribution in [3.63, 3.8) is 0 Å². The summed E-state index contributed by atoms with van der Waals surface area (Å²) in [5, 5.41) is 11.1. The third kappa shape index (κ3) is 4.01. The van der Waals surface area contributed by atoms with E-state index in [0.29, 0.717) is 37.1 Å². The fourth-order valence-electron chi connectivity index (χ4n) is 3.58. The summed E-state index contributed by atoms with van der Waals surface area (Å²) < 4.78 is 6.65. The van der Waals surface area contributed by atoms with Crippen LogP contribution in [-0.2, 0) is 0 Å². The number of methoxy groups -OCH3 is 1. The van der Waals surface area contributed by atoms with Crippen molar-refractivity contribution in [2.24, 2.45) is 5.92 Å². The molecule has 8 heteroatoms. The van der Waals surface area contributed by atoms with E-state index in [-0.39, 0.29) is 17.6 Å². The standard InChI is InChI=1S/C21H21N5O3/c1-29-19-7-5-15(6-8-19)20(27)16-9-11-25(12-10-16)21(28)17-3-2-4-18(13-17)26-14-22-23-24-26/h2-8,13-14,16H,9-12H2,1H3. The van der Waals surface area contributed by atoms with Crippen LogP contribution in [0.25, 0.3) is 5.69 Å². The number of piperidine rings is 1. The number of tetrazole rings is 1. The molecule has 1 amide bonds. The van der Waals surface area contributed by atoms with Gasteiger partial charge < -0.3 is 9.64 Å². The summed E-state index contributed by atoms with van der Waals surface area (Å²) >= 11 is 0. The van der Waals surface area contributed by atoms with Gasteiger partial charge in [0, 0.05) is 30.1 Å². The first-order chi connectivity index (χ1) is 14.2. The molecule has 148 valence electrons. The van der Waals surface area contributed by atoms with E-state index in [1.54, 1.807) is 48.4 Å². The van der Waals surface area contributed by atoms with Gasteiger partial charge in [0.05, 0.1) is 12.8 Å². The van der Waals surface area contributed by atoms with Gasteiger partial charge in [-0.1, -0.05) is 6.07 Å². The molecule has 3 aromatic rings. The van der Waals surface area contributed by atoms with Gasteiger partial charge in [0.1, 0.15) is 12.1 Å². The maximum atomic E-state index is 12.9. The minimum absolute atomic E-state index is 0.0460. The van der Waals surface area contributed by atoms with Crippen molar-refractivity contribution in [3.8, 4) is 11.4 Å². The smallest absolute Gasteiger partial charge is 0.253 e. The van der Waals surface area contributed by atoms with Gasteiger partial charge in [-0.25, -0.2) is 4.68 Å². The minimum atomic E-state index is -0.0694. The number of Topliss-reactive ketones (excluding diaryl/α,β-unsaturated/α-hetero) is 1. The average Bonchev–Trinajstić information content (AvgIpc) is 3.33. The second-order valence-corrected chi connectivity index (χ2v) is 6.96. The van der Waals surface area contributed by atoms with Crippen molar-refractivity contribution in [3.05, 3.63) is 66.0 Å². The number of rotatable bonds is 5. The van der Waals surface area contributed by atoms with E-state index in [0.717, 1.165) is 11.4 Å². The van der Waals surface area contributed by atoms with Crippen molar-refractivity contribution >= 4 is 11.7 Å². The molecule has 0 saturated carbocycles. The minimum Gasteiger partial charge on any atom is -0.497 e. The van der Waals surface area contributed by atoms with Crippen molar-refractivity contribution in [2.75, 3.05) is 20.2 Å². The van der Waals surface area contributed by atoms with E-state index in [1.165, 1.54) is 11.0 Å². The maximum Gasteiger partial charge on any atom is 0.253 e. The summed E-state index contributed by atoms with van der Waals surface area (Å²) in [7, 11) is 1.60. The third-order valence-corrected chi connectivity index (χ3v) is 5.23.